The van der Waals surface area contributed by atoms with E-state index in [2.05, 4.69) is 17.1 Å². The molecule has 0 spiro atoms. The van der Waals surface area contributed by atoms with Crippen molar-refractivity contribution in [2.75, 3.05) is 20.3 Å². The molecule has 3 aromatic carbocycles. The number of rotatable bonds is 10. The van der Waals surface area contributed by atoms with Crippen molar-refractivity contribution >= 4 is 21.8 Å². The quantitative estimate of drug-likeness (QED) is 0.351. The number of aliphatic hydroxyl groups excluding tert-OH is 1. The zero-order chi connectivity index (χ0) is 20.8. The Morgan fingerprint density at radius 1 is 0.800 bits per heavy atom. The largest absolute Gasteiger partial charge is 0.493 e. The van der Waals surface area contributed by atoms with E-state index in [1.165, 1.54) is 0 Å². The minimum absolute atomic E-state index is 0.270. The molecule has 1 aromatic heterocycles. The van der Waals surface area contributed by atoms with Crippen molar-refractivity contribution in [3.05, 3.63) is 66.7 Å². The van der Waals surface area contributed by atoms with Crippen molar-refractivity contribution in [3.8, 4) is 17.2 Å². The average Bonchev–Trinajstić information content (AvgIpc) is 3.17. The van der Waals surface area contributed by atoms with E-state index in [-0.39, 0.29) is 6.61 Å². The normalized spacial score (nSPS) is 12.2. The fourth-order valence-electron chi connectivity index (χ4n) is 3.66. The van der Waals surface area contributed by atoms with Gasteiger partial charge in [-0.25, -0.2) is 0 Å². The summed E-state index contributed by atoms with van der Waals surface area (Å²) in [5, 5.41) is 12.5. The van der Waals surface area contributed by atoms with Gasteiger partial charge in [0.15, 0.2) is 11.5 Å². The van der Waals surface area contributed by atoms with Gasteiger partial charge >= 0.3 is 0 Å². The van der Waals surface area contributed by atoms with Gasteiger partial charge in [-0.15, -0.1) is 0 Å². The molecule has 4 aromatic rings. The summed E-state index contributed by atoms with van der Waals surface area (Å²) in [6.07, 6.45) is 1.86. The first-order valence-corrected chi connectivity index (χ1v) is 10.3. The summed E-state index contributed by atoms with van der Waals surface area (Å²) in [5.41, 5.74) is 2.12. The molecule has 0 saturated carbocycles. The topological polar surface area (TPSA) is 63.7 Å². The molecule has 30 heavy (non-hydrogen) atoms. The molecule has 1 heterocycles. The van der Waals surface area contributed by atoms with Crippen molar-refractivity contribution in [1.82, 2.24) is 4.98 Å². The third kappa shape index (κ3) is 4.52. The van der Waals surface area contributed by atoms with E-state index in [9.17, 15) is 5.11 Å². The minimum atomic E-state index is -0.517. The van der Waals surface area contributed by atoms with E-state index in [0.29, 0.717) is 13.0 Å². The molecule has 4 rings (SSSR count). The fourth-order valence-corrected chi connectivity index (χ4v) is 3.66. The molecule has 0 aliphatic carbocycles. The van der Waals surface area contributed by atoms with Crippen LogP contribution in [-0.4, -0.2) is 36.5 Å². The Balaban J connectivity index is 1.26. The lowest BCUT2D eigenvalue weighted by Crippen LogP contribution is -2.17. The number of benzene rings is 3. The minimum Gasteiger partial charge on any atom is -0.493 e. The van der Waals surface area contributed by atoms with E-state index in [1.54, 1.807) is 7.11 Å². The summed E-state index contributed by atoms with van der Waals surface area (Å²) < 4.78 is 17.0. The lowest BCUT2D eigenvalue weighted by atomic mass is 10.1. The van der Waals surface area contributed by atoms with Crippen molar-refractivity contribution in [2.24, 2.45) is 0 Å². The van der Waals surface area contributed by atoms with E-state index in [0.717, 1.165) is 51.9 Å². The van der Waals surface area contributed by atoms with Gasteiger partial charge < -0.3 is 24.3 Å². The molecule has 0 saturated heterocycles. The predicted molar refractivity (Wildman–Crippen MR) is 120 cm³/mol. The standard InChI is InChI=1S/C25H27NO4/c1-28-22-13-4-5-14-23(22)29-16-7-6-9-18(27)17-30-24-15-8-12-21-25(24)19-10-2-3-11-20(19)26-21/h2-5,8,10-15,18,26-27H,6-7,9,16-17H2,1H3. The summed E-state index contributed by atoms with van der Waals surface area (Å²) in [6, 6.07) is 21.8. The highest BCUT2D eigenvalue weighted by molar-refractivity contribution is 6.10. The third-order valence-electron chi connectivity index (χ3n) is 5.18. The molecule has 5 nitrogen and oxygen atoms in total. The highest BCUT2D eigenvalue weighted by atomic mass is 16.5. The van der Waals surface area contributed by atoms with Crippen LogP contribution >= 0.6 is 0 Å². The van der Waals surface area contributed by atoms with Gasteiger partial charge in [-0.05, 0) is 49.6 Å². The molecule has 0 aliphatic rings. The first kappa shape index (κ1) is 20.1. The number of aromatic nitrogens is 1. The Morgan fingerprint density at radius 3 is 2.40 bits per heavy atom. The molecule has 5 heteroatoms. The van der Waals surface area contributed by atoms with Gasteiger partial charge in [0, 0.05) is 16.3 Å². The van der Waals surface area contributed by atoms with Crippen molar-refractivity contribution in [2.45, 2.75) is 25.4 Å². The van der Waals surface area contributed by atoms with Gasteiger partial charge in [0.1, 0.15) is 12.4 Å². The van der Waals surface area contributed by atoms with Crippen molar-refractivity contribution in [1.29, 1.82) is 0 Å². The summed E-state index contributed by atoms with van der Waals surface area (Å²) in [4.78, 5) is 3.41. The molecule has 156 valence electrons. The number of hydrogen-bond acceptors (Lipinski definition) is 4. The first-order valence-electron chi connectivity index (χ1n) is 10.3. The summed E-state index contributed by atoms with van der Waals surface area (Å²) in [7, 11) is 1.63. The number of hydrogen-bond donors (Lipinski definition) is 2. The van der Waals surface area contributed by atoms with E-state index >= 15 is 0 Å². The van der Waals surface area contributed by atoms with Crippen LogP contribution in [0.25, 0.3) is 21.8 Å². The Hall–Kier alpha value is -3.18. The fraction of sp³-hybridized carbons (Fsp3) is 0.280. The molecule has 1 atom stereocenters. The van der Waals surface area contributed by atoms with Crippen LogP contribution in [0.15, 0.2) is 66.7 Å². The molecular weight excluding hydrogens is 378 g/mol. The molecule has 1 unspecified atom stereocenters. The second kappa shape index (κ2) is 9.55. The molecule has 2 N–H and O–H groups in total. The molecule has 0 amide bonds. The number of ether oxygens (including phenoxy) is 3. The zero-order valence-corrected chi connectivity index (χ0v) is 17.1. The summed E-state index contributed by atoms with van der Waals surface area (Å²) in [6.45, 7) is 0.856. The lowest BCUT2D eigenvalue weighted by molar-refractivity contribution is 0.0971. The maximum absolute atomic E-state index is 10.4. The number of aliphatic hydroxyl groups is 1. The Labute approximate surface area is 176 Å². The average molecular weight is 405 g/mol. The van der Waals surface area contributed by atoms with Crippen LogP contribution in [0.3, 0.4) is 0 Å². The number of para-hydroxylation sites is 3. The van der Waals surface area contributed by atoms with E-state index in [4.69, 9.17) is 14.2 Å². The van der Waals surface area contributed by atoms with Crippen LogP contribution in [0.5, 0.6) is 17.2 Å². The monoisotopic (exact) mass is 405 g/mol. The van der Waals surface area contributed by atoms with Crippen molar-refractivity contribution < 1.29 is 19.3 Å². The van der Waals surface area contributed by atoms with E-state index in [1.807, 2.05) is 54.6 Å². The molecule has 0 aliphatic heterocycles. The second-order valence-electron chi connectivity index (χ2n) is 7.31. The first-order chi connectivity index (χ1) is 14.8. The van der Waals surface area contributed by atoms with Crippen LogP contribution in [0.1, 0.15) is 19.3 Å². The highest BCUT2D eigenvalue weighted by Crippen LogP contribution is 2.33. The van der Waals surface area contributed by atoms with Crippen LogP contribution in [-0.2, 0) is 0 Å². The number of aromatic amines is 1. The highest BCUT2D eigenvalue weighted by Gasteiger charge is 2.11. The molecular formula is C25H27NO4. The summed E-state index contributed by atoms with van der Waals surface area (Å²) in [5.74, 6) is 2.27. The third-order valence-corrected chi connectivity index (χ3v) is 5.18. The molecule has 0 radical (unpaired) electrons. The van der Waals surface area contributed by atoms with Crippen LogP contribution in [0, 0.1) is 0 Å². The Kier molecular flexibility index (Phi) is 6.40. The van der Waals surface area contributed by atoms with Crippen LogP contribution < -0.4 is 14.2 Å². The number of H-pyrrole nitrogens is 1. The van der Waals surface area contributed by atoms with Gasteiger partial charge in [-0.3, -0.25) is 0 Å². The Bertz CT molecular complexity index is 1100. The molecule has 0 bridgehead atoms. The predicted octanol–water partition coefficient (Wildman–Crippen LogP) is 5.32. The smallest absolute Gasteiger partial charge is 0.161 e. The van der Waals surface area contributed by atoms with Gasteiger partial charge in [0.25, 0.3) is 0 Å². The maximum Gasteiger partial charge on any atom is 0.161 e. The number of nitrogens with one attached hydrogen (secondary N) is 1. The van der Waals surface area contributed by atoms with Crippen LogP contribution in [0.4, 0.5) is 0 Å². The number of methoxy groups -OCH3 is 1. The van der Waals surface area contributed by atoms with E-state index < -0.39 is 6.10 Å². The van der Waals surface area contributed by atoms with Crippen molar-refractivity contribution in [3.63, 3.8) is 0 Å². The van der Waals surface area contributed by atoms with Gasteiger partial charge in [-0.2, -0.15) is 0 Å². The lowest BCUT2D eigenvalue weighted by Gasteiger charge is -2.14. The molecule has 0 fully saturated rings. The Morgan fingerprint density at radius 2 is 1.53 bits per heavy atom. The second-order valence-corrected chi connectivity index (χ2v) is 7.31. The van der Waals surface area contributed by atoms with Crippen LogP contribution in [0.2, 0.25) is 0 Å². The zero-order valence-electron chi connectivity index (χ0n) is 17.1. The van der Waals surface area contributed by atoms with Gasteiger partial charge in [0.05, 0.1) is 25.3 Å². The van der Waals surface area contributed by atoms with Gasteiger partial charge in [0.2, 0.25) is 0 Å². The number of fused-ring (bicyclic) bond motifs is 3. The SMILES string of the molecule is COc1ccccc1OCCCCC(O)COc1cccc2[nH]c3ccccc3c12. The summed E-state index contributed by atoms with van der Waals surface area (Å²) >= 11 is 0. The maximum atomic E-state index is 10.4. The number of unbranched alkanes of at least 4 members (excludes halogenated alkanes) is 1. The van der Waals surface area contributed by atoms with Gasteiger partial charge in [-0.1, -0.05) is 36.4 Å².